The van der Waals surface area contributed by atoms with Crippen LogP contribution in [0.4, 0.5) is 0 Å². The van der Waals surface area contributed by atoms with Crippen molar-refractivity contribution >= 4 is 59.5 Å². The number of pyridine rings is 1. The molecule has 3 aliphatic heterocycles. The maximum atomic E-state index is 14.6. The summed E-state index contributed by atoms with van der Waals surface area (Å²) in [6.07, 6.45) is -13.2. The van der Waals surface area contributed by atoms with Crippen molar-refractivity contribution in [3.05, 3.63) is 29.6 Å². The van der Waals surface area contributed by atoms with E-state index in [1.54, 1.807) is 6.92 Å². The van der Waals surface area contributed by atoms with Gasteiger partial charge >= 0.3 is 53.7 Å². The van der Waals surface area contributed by atoms with E-state index in [4.69, 9.17) is 47.4 Å². The Morgan fingerprint density at radius 1 is 0.776 bits per heavy atom. The van der Waals surface area contributed by atoms with E-state index < -0.39 is 174 Å². The van der Waals surface area contributed by atoms with Crippen LogP contribution in [0.2, 0.25) is 0 Å². The SMILES string of the molecule is COC(=O)C[C@@H]1C(=O)CC[C@@H](C)C(=O)O[C@@H]2[C@@H]3[C@@H](OC(C)=O)[C@@]45O[C@@]3(C)COC(=O)c3cccnc3[C@H](C)[C@@H](C)C(=O)O[C@@H]([C@H](OC(C)=O)[C@H](OC(C)=O)[C@@]4(COC1=O)[C@@H]2OC(C)=O)[C@]5(C)O. The largest absolute Gasteiger partial charge is 0.469 e. The van der Waals surface area contributed by atoms with Crippen LogP contribution in [0.3, 0.4) is 0 Å². The van der Waals surface area contributed by atoms with Gasteiger partial charge < -0.3 is 52.5 Å². The first-order valence-electron chi connectivity index (χ1n) is 21.7. The van der Waals surface area contributed by atoms with Crippen LogP contribution in [-0.2, 0) is 90.5 Å². The van der Waals surface area contributed by atoms with Gasteiger partial charge in [0.1, 0.15) is 53.7 Å². The zero-order valence-electron chi connectivity index (χ0n) is 38.7. The van der Waals surface area contributed by atoms with Gasteiger partial charge in [0.15, 0.2) is 30.0 Å². The first-order chi connectivity index (χ1) is 31.3. The fraction of sp³-hybridized carbons (Fsp3) is 0.667. The molecule has 67 heavy (non-hydrogen) atoms. The lowest BCUT2D eigenvalue weighted by molar-refractivity contribution is -0.387. The lowest BCUT2D eigenvalue weighted by Crippen LogP contribution is -2.89. The van der Waals surface area contributed by atoms with Crippen LogP contribution in [-0.4, -0.2) is 143 Å². The van der Waals surface area contributed by atoms with E-state index in [0.29, 0.717) is 0 Å². The van der Waals surface area contributed by atoms with Crippen LogP contribution in [0.15, 0.2) is 18.3 Å². The number of nitrogens with zero attached hydrogens (tertiary/aromatic N) is 1. The van der Waals surface area contributed by atoms with Crippen molar-refractivity contribution < 1.29 is 100 Å². The molecule has 22 nitrogen and oxygen atoms in total. The van der Waals surface area contributed by atoms with E-state index >= 15 is 0 Å². The molecule has 366 valence electrons. The number of aliphatic hydroxyl groups is 1. The van der Waals surface area contributed by atoms with Crippen LogP contribution in [0.5, 0.6) is 0 Å². The minimum Gasteiger partial charge on any atom is -0.469 e. The summed E-state index contributed by atoms with van der Waals surface area (Å²) >= 11 is 0. The van der Waals surface area contributed by atoms with Gasteiger partial charge in [-0.1, -0.05) is 20.8 Å². The quantitative estimate of drug-likeness (QED) is 0.238. The predicted octanol–water partition coefficient (Wildman–Crippen LogP) is 1.17. The van der Waals surface area contributed by atoms with Gasteiger partial charge in [0, 0.05) is 46.2 Å². The number of aromatic nitrogens is 1. The Kier molecular flexibility index (Phi) is 14.0. The first-order valence-corrected chi connectivity index (χ1v) is 21.7. The third-order valence-electron chi connectivity index (χ3n) is 13.8. The molecule has 1 N–H and O–H groups in total. The molecule has 22 heteroatoms. The number of methoxy groups -OCH3 is 1. The van der Waals surface area contributed by atoms with Crippen molar-refractivity contribution in [1.82, 2.24) is 4.98 Å². The Hall–Kier alpha value is -6.03. The number of cyclic esters (lactones) is 2. The highest BCUT2D eigenvalue weighted by Crippen LogP contribution is 2.70. The predicted molar refractivity (Wildman–Crippen MR) is 217 cm³/mol. The summed E-state index contributed by atoms with van der Waals surface area (Å²) in [7, 11) is 1.01. The van der Waals surface area contributed by atoms with Gasteiger partial charge in [0.25, 0.3) is 0 Å². The van der Waals surface area contributed by atoms with E-state index in [0.717, 1.165) is 41.7 Å². The maximum Gasteiger partial charge on any atom is 0.340 e. The molecule has 0 amide bonds. The van der Waals surface area contributed by atoms with Crippen LogP contribution in [0, 0.1) is 29.1 Å². The van der Waals surface area contributed by atoms with Crippen LogP contribution < -0.4 is 0 Å². The molecule has 0 aromatic carbocycles. The van der Waals surface area contributed by atoms with E-state index in [-0.39, 0.29) is 17.7 Å². The Morgan fingerprint density at radius 2 is 1.39 bits per heavy atom. The van der Waals surface area contributed by atoms with Gasteiger partial charge in [-0.3, -0.25) is 48.1 Å². The minimum atomic E-state index is -2.98. The third-order valence-corrected chi connectivity index (χ3v) is 13.8. The summed E-state index contributed by atoms with van der Waals surface area (Å²) in [5.41, 5.74) is -11.0. The molecule has 1 aromatic heterocycles. The summed E-state index contributed by atoms with van der Waals surface area (Å²) < 4.78 is 60.5. The molecule has 1 aromatic rings. The molecular formula is C45H55NO21. The van der Waals surface area contributed by atoms with Crippen molar-refractivity contribution in [2.75, 3.05) is 20.3 Å². The number of carbonyl (C=O) groups excluding carboxylic acids is 10. The Bertz CT molecular complexity index is 2240. The van der Waals surface area contributed by atoms with Crippen molar-refractivity contribution in [1.29, 1.82) is 0 Å². The number of ether oxygens (including phenoxy) is 10. The summed E-state index contributed by atoms with van der Waals surface area (Å²) in [4.78, 5) is 143. The van der Waals surface area contributed by atoms with Gasteiger partial charge in [-0.2, -0.15) is 0 Å². The Labute approximate surface area is 384 Å². The van der Waals surface area contributed by atoms with Crippen molar-refractivity contribution in [2.45, 2.75) is 141 Å². The van der Waals surface area contributed by atoms with Crippen molar-refractivity contribution in [3.8, 4) is 0 Å². The van der Waals surface area contributed by atoms with Gasteiger partial charge in [-0.25, -0.2) is 4.79 Å². The van der Waals surface area contributed by atoms with Crippen LogP contribution in [0.25, 0.3) is 0 Å². The van der Waals surface area contributed by atoms with E-state index in [9.17, 15) is 53.1 Å². The lowest BCUT2D eigenvalue weighted by Gasteiger charge is -2.67. The highest BCUT2D eigenvalue weighted by Gasteiger charge is 2.92. The average Bonchev–Trinajstić information content (AvgIpc) is 3.47. The normalized spacial score (nSPS) is 38.6. The fourth-order valence-corrected chi connectivity index (χ4v) is 10.6. The smallest absolute Gasteiger partial charge is 0.340 e. The molecule has 6 rings (SSSR count). The minimum absolute atomic E-state index is 0.0891. The molecule has 2 saturated carbocycles. The van der Waals surface area contributed by atoms with Crippen molar-refractivity contribution in [3.63, 3.8) is 0 Å². The summed E-state index contributed by atoms with van der Waals surface area (Å²) in [5, 5.41) is 13.7. The second-order valence-electron chi connectivity index (χ2n) is 18.2. The standard InChI is InChI=1S/C45H55NO21/c1-19-13-14-28(51)27(16-29(52)58-10)41(56)60-18-44-36(63-24(6)49)32(65-38(19)53)30-34(62-23(5)48)45(44)43(9,57)35(33(61-22(4)47)37(44)64-25(7)50)66-39(54)21(3)20(2)31-26(12-11-15-46-31)40(55)59-17-42(30,8)67-45/h11-12,15,19-21,27,30,32-37,57H,13-14,16-18H2,1-10H3/t19-,20-,21-,27-,30-,32-,33+,34-,35+,36-,37+,42+,43+,44-,45+/m1/s1. The number of carbonyl (C=O) groups is 10. The topological polar surface area (TPSA) is 296 Å². The molecular weight excluding hydrogens is 890 g/mol. The monoisotopic (exact) mass is 945 g/mol. The third kappa shape index (κ3) is 8.50. The number of rotatable bonds is 6. The number of ketones is 1. The summed E-state index contributed by atoms with van der Waals surface area (Å²) in [5.74, 6) is -17.9. The Morgan fingerprint density at radius 3 is 2.00 bits per heavy atom. The molecule has 4 heterocycles. The average molecular weight is 946 g/mol. The molecule has 4 fully saturated rings. The van der Waals surface area contributed by atoms with Gasteiger partial charge in [0.2, 0.25) is 0 Å². The molecule has 6 bridgehead atoms. The van der Waals surface area contributed by atoms with E-state index in [1.165, 1.54) is 39.1 Å². The zero-order chi connectivity index (χ0) is 49.7. The zero-order valence-corrected chi connectivity index (χ0v) is 38.7. The number of esters is 9. The van der Waals surface area contributed by atoms with Gasteiger partial charge in [-0.15, -0.1) is 0 Å². The lowest BCUT2D eigenvalue weighted by atomic mass is 9.45. The molecule has 15 atom stereocenters. The second kappa shape index (κ2) is 18.6. The summed E-state index contributed by atoms with van der Waals surface area (Å²) in [6, 6.07) is 2.84. The Balaban J connectivity index is 1.81. The molecule has 2 aliphatic carbocycles. The molecule has 0 radical (unpaired) electrons. The fourth-order valence-electron chi connectivity index (χ4n) is 10.6. The number of Topliss-reactive ketones (excluding diaryl/α,β-unsaturated/α-hetero) is 1. The number of hydrogen-bond donors (Lipinski definition) is 1. The number of fused-ring (bicyclic) bond motifs is 7. The first kappa shape index (κ1) is 50.4. The second-order valence-corrected chi connectivity index (χ2v) is 18.2. The highest BCUT2D eigenvalue weighted by atomic mass is 16.7. The van der Waals surface area contributed by atoms with Crippen LogP contribution in [0.1, 0.15) is 104 Å². The summed E-state index contributed by atoms with van der Waals surface area (Å²) in [6.45, 7) is 8.31. The maximum absolute atomic E-state index is 14.6. The molecule has 2 spiro atoms. The van der Waals surface area contributed by atoms with Gasteiger partial charge in [0.05, 0.1) is 42.5 Å². The van der Waals surface area contributed by atoms with E-state index in [1.807, 2.05) is 0 Å². The molecule has 5 aliphatic rings. The highest BCUT2D eigenvalue weighted by molar-refractivity contribution is 6.01. The van der Waals surface area contributed by atoms with Crippen molar-refractivity contribution in [2.24, 2.45) is 29.1 Å². The molecule has 2 saturated heterocycles. The van der Waals surface area contributed by atoms with E-state index in [2.05, 4.69) is 4.98 Å². The number of hydrogen-bond acceptors (Lipinski definition) is 22. The van der Waals surface area contributed by atoms with Gasteiger partial charge in [-0.05, 0) is 32.4 Å². The molecule has 0 unspecified atom stereocenters. The van der Waals surface area contributed by atoms with Crippen LogP contribution >= 0.6 is 0 Å².